The maximum atomic E-state index is 12.8. The summed E-state index contributed by atoms with van der Waals surface area (Å²) in [6.07, 6.45) is 13.0. The molecule has 0 aromatic carbocycles. The summed E-state index contributed by atoms with van der Waals surface area (Å²) < 4.78 is 2.09. The van der Waals surface area contributed by atoms with Crippen LogP contribution in [0.3, 0.4) is 0 Å². The van der Waals surface area contributed by atoms with Crippen LogP contribution in [-0.4, -0.2) is 26.9 Å². The van der Waals surface area contributed by atoms with Crippen LogP contribution in [0.25, 0.3) is 0 Å². The van der Waals surface area contributed by atoms with Crippen molar-refractivity contribution in [2.45, 2.75) is 31.8 Å². The number of imidazole rings is 1. The van der Waals surface area contributed by atoms with E-state index in [9.17, 15) is 4.79 Å². The van der Waals surface area contributed by atoms with Gasteiger partial charge in [-0.15, -0.1) is 0 Å². The molecule has 4 rings (SSSR count). The maximum absolute atomic E-state index is 12.8. The van der Waals surface area contributed by atoms with Crippen molar-refractivity contribution >= 4 is 17.5 Å². The quantitative estimate of drug-likeness (QED) is 0.861. The van der Waals surface area contributed by atoms with Gasteiger partial charge in [0.25, 0.3) is 0 Å². The largest absolute Gasteiger partial charge is 0.334 e. The van der Waals surface area contributed by atoms with Crippen LogP contribution in [0.5, 0.6) is 0 Å². The Kier molecular flexibility index (Phi) is 3.14. The highest BCUT2D eigenvalue weighted by molar-refractivity contribution is 6.31. The van der Waals surface area contributed by atoms with Gasteiger partial charge in [-0.2, -0.15) is 0 Å². The van der Waals surface area contributed by atoms with E-state index in [1.54, 1.807) is 0 Å². The lowest BCUT2D eigenvalue weighted by atomic mass is 9.98. The molecule has 0 N–H and O–H groups in total. The molecule has 0 bridgehead atoms. The molecule has 1 amide bonds. The highest BCUT2D eigenvalue weighted by Gasteiger charge is 2.43. The first-order valence-electron chi connectivity index (χ1n) is 7.56. The summed E-state index contributed by atoms with van der Waals surface area (Å²) in [4.78, 5) is 19.1. The molecule has 2 unspecified atom stereocenters. The normalized spacial score (nSPS) is 28.5. The van der Waals surface area contributed by atoms with Gasteiger partial charge in [0.05, 0.1) is 18.6 Å². The molecule has 2 heterocycles. The molecule has 4 nitrogen and oxygen atoms in total. The molecule has 2 aliphatic carbocycles. The first-order chi connectivity index (χ1) is 10.2. The van der Waals surface area contributed by atoms with E-state index in [2.05, 4.69) is 15.6 Å². The summed E-state index contributed by atoms with van der Waals surface area (Å²) in [5, 5.41) is 0.796. The van der Waals surface area contributed by atoms with Crippen molar-refractivity contribution in [3.8, 4) is 0 Å². The van der Waals surface area contributed by atoms with Crippen LogP contribution in [0, 0.1) is 11.8 Å². The van der Waals surface area contributed by atoms with E-state index in [0.717, 1.165) is 36.5 Å². The van der Waals surface area contributed by atoms with Crippen molar-refractivity contribution < 1.29 is 4.79 Å². The molecular weight excluding hydrogens is 286 g/mol. The minimum atomic E-state index is -0.0250. The fraction of sp³-hybridized carbons (Fsp3) is 0.500. The van der Waals surface area contributed by atoms with Crippen LogP contribution in [0.1, 0.15) is 31.0 Å². The Balaban J connectivity index is 1.54. The van der Waals surface area contributed by atoms with Crippen molar-refractivity contribution in [3.05, 3.63) is 41.5 Å². The number of allylic oxidation sites excluding steroid dienone is 3. The second-order valence-electron chi connectivity index (χ2n) is 6.24. The summed E-state index contributed by atoms with van der Waals surface area (Å²) in [6.45, 7) is 1.44. The fourth-order valence-corrected chi connectivity index (χ4v) is 3.50. The number of hydrogen-bond donors (Lipinski definition) is 0. The molecule has 1 saturated carbocycles. The number of fused-ring (bicyclic) bond motifs is 1. The summed E-state index contributed by atoms with van der Waals surface area (Å²) >= 11 is 5.96. The number of halogens is 1. The molecule has 1 fully saturated rings. The molecule has 0 spiro atoms. The third-order valence-electron chi connectivity index (χ3n) is 4.63. The SMILES string of the molecule is O=C1C(C2CC2)n2cncc2CN1CC1C=CC(Cl)=CC1. The Labute approximate surface area is 129 Å². The van der Waals surface area contributed by atoms with E-state index in [0.29, 0.717) is 18.4 Å². The number of hydrogen-bond acceptors (Lipinski definition) is 2. The van der Waals surface area contributed by atoms with Gasteiger partial charge in [0.2, 0.25) is 5.91 Å². The number of amides is 1. The first-order valence-corrected chi connectivity index (χ1v) is 7.93. The Morgan fingerprint density at radius 3 is 2.95 bits per heavy atom. The van der Waals surface area contributed by atoms with E-state index < -0.39 is 0 Å². The highest BCUT2D eigenvalue weighted by Crippen LogP contribution is 2.43. The summed E-state index contributed by atoms with van der Waals surface area (Å²) in [7, 11) is 0. The lowest BCUT2D eigenvalue weighted by Gasteiger charge is -2.35. The lowest BCUT2D eigenvalue weighted by Crippen LogP contribution is -2.45. The van der Waals surface area contributed by atoms with E-state index in [1.807, 2.05) is 29.6 Å². The van der Waals surface area contributed by atoms with E-state index in [1.165, 1.54) is 0 Å². The van der Waals surface area contributed by atoms with Gasteiger partial charge in [0.15, 0.2) is 0 Å². The third-order valence-corrected chi connectivity index (χ3v) is 4.91. The highest BCUT2D eigenvalue weighted by atomic mass is 35.5. The van der Waals surface area contributed by atoms with Crippen LogP contribution in [0.15, 0.2) is 35.8 Å². The van der Waals surface area contributed by atoms with Gasteiger partial charge in [0, 0.05) is 17.8 Å². The molecule has 21 heavy (non-hydrogen) atoms. The third kappa shape index (κ3) is 2.42. The Morgan fingerprint density at radius 1 is 1.38 bits per heavy atom. The molecule has 1 aromatic heterocycles. The van der Waals surface area contributed by atoms with Gasteiger partial charge in [-0.05, 0) is 37.2 Å². The van der Waals surface area contributed by atoms with Crippen LogP contribution >= 0.6 is 11.6 Å². The molecule has 3 aliphatic rings. The number of carbonyl (C=O) groups excluding carboxylic acids is 1. The summed E-state index contributed by atoms with van der Waals surface area (Å²) in [5.74, 6) is 1.13. The smallest absolute Gasteiger partial charge is 0.246 e. The lowest BCUT2D eigenvalue weighted by molar-refractivity contribution is -0.138. The zero-order chi connectivity index (χ0) is 14.4. The average Bonchev–Trinajstić information content (AvgIpc) is 3.20. The topological polar surface area (TPSA) is 38.1 Å². The zero-order valence-corrected chi connectivity index (χ0v) is 12.5. The number of carbonyl (C=O) groups is 1. The monoisotopic (exact) mass is 303 g/mol. The van der Waals surface area contributed by atoms with E-state index in [-0.39, 0.29) is 11.9 Å². The molecule has 5 heteroatoms. The molecule has 0 radical (unpaired) electrons. The molecule has 110 valence electrons. The van der Waals surface area contributed by atoms with Gasteiger partial charge >= 0.3 is 0 Å². The standard InChI is InChI=1S/C16H18ClN3O/c17-13-5-1-11(2-6-13)8-19-9-14-7-18-10-20(14)15(16(19)21)12-3-4-12/h1,5-7,10-12,15H,2-4,8-9H2. The minimum Gasteiger partial charge on any atom is -0.334 e. The molecule has 1 aromatic rings. The zero-order valence-electron chi connectivity index (χ0n) is 11.8. The van der Waals surface area contributed by atoms with Gasteiger partial charge in [-0.25, -0.2) is 4.98 Å². The second-order valence-corrected chi connectivity index (χ2v) is 6.67. The van der Waals surface area contributed by atoms with E-state index in [4.69, 9.17) is 11.6 Å². The number of aromatic nitrogens is 2. The second kappa shape index (κ2) is 5.02. The van der Waals surface area contributed by atoms with Gasteiger partial charge in [0.1, 0.15) is 6.04 Å². The van der Waals surface area contributed by atoms with Gasteiger partial charge in [-0.1, -0.05) is 23.8 Å². The van der Waals surface area contributed by atoms with Crippen molar-refractivity contribution in [3.63, 3.8) is 0 Å². The van der Waals surface area contributed by atoms with Gasteiger partial charge in [-0.3, -0.25) is 4.79 Å². The van der Waals surface area contributed by atoms with E-state index >= 15 is 0 Å². The molecule has 0 saturated heterocycles. The molecule has 2 atom stereocenters. The summed E-state index contributed by atoms with van der Waals surface area (Å²) in [5.41, 5.74) is 1.15. The van der Waals surface area contributed by atoms with Gasteiger partial charge < -0.3 is 9.47 Å². The molecule has 1 aliphatic heterocycles. The number of nitrogens with zero attached hydrogens (tertiary/aromatic N) is 3. The minimum absolute atomic E-state index is 0.0250. The fourth-order valence-electron chi connectivity index (χ4n) is 3.34. The van der Waals surface area contributed by atoms with Crippen LogP contribution < -0.4 is 0 Å². The first kappa shape index (κ1) is 13.1. The maximum Gasteiger partial charge on any atom is 0.246 e. The predicted molar refractivity (Wildman–Crippen MR) is 80.6 cm³/mol. The summed E-state index contributed by atoms with van der Waals surface area (Å²) in [6, 6.07) is -0.0250. The van der Waals surface area contributed by atoms with Crippen LogP contribution in [0.4, 0.5) is 0 Å². The van der Waals surface area contributed by atoms with Crippen LogP contribution in [-0.2, 0) is 11.3 Å². The van der Waals surface area contributed by atoms with Crippen molar-refractivity contribution in [2.24, 2.45) is 11.8 Å². The van der Waals surface area contributed by atoms with Crippen LogP contribution in [0.2, 0.25) is 0 Å². The van der Waals surface area contributed by atoms with Crippen molar-refractivity contribution in [1.29, 1.82) is 0 Å². The average molecular weight is 304 g/mol. The molecular formula is C16H18ClN3O. The predicted octanol–water partition coefficient (Wildman–Crippen LogP) is 2.88. The van der Waals surface area contributed by atoms with Crippen molar-refractivity contribution in [2.75, 3.05) is 6.54 Å². The number of rotatable bonds is 3. The Bertz CT molecular complexity index is 629. The van der Waals surface area contributed by atoms with Crippen molar-refractivity contribution in [1.82, 2.24) is 14.5 Å². The Hall–Kier alpha value is -1.55. The Morgan fingerprint density at radius 2 is 2.24 bits per heavy atom.